The van der Waals surface area contributed by atoms with Gasteiger partial charge in [0.1, 0.15) is 5.56 Å². The average Bonchev–Trinajstić information content (AvgIpc) is 3.09. The van der Waals surface area contributed by atoms with E-state index in [1.54, 1.807) is 0 Å². The van der Waals surface area contributed by atoms with Gasteiger partial charge in [-0.25, -0.2) is 9.59 Å². The number of aromatic carboxylic acids is 1. The fourth-order valence-corrected chi connectivity index (χ4v) is 2.02. The Kier molecular flexibility index (Phi) is 3.59. The molecule has 1 aromatic rings. The molecule has 0 aliphatic heterocycles. The van der Waals surface area contributed by atoms with Crippen molar-refractivity contribution < 1.29 is 19.8 Å². The maximum absolute atomic E-state index is 11.7. The normalized spacial score (nSPS) is 20.7. The highest BCUT2D eigenvalue weighted by atomic mass is 16.4. The van der Waals surface area contributed by atoms with Crippen molar-refractivity contribution in [2.24, 2.45) is 5.92 Å². The number of carbonyl (C=O) groups excluding carboxylic acids is 1. The predicted molar refractivity (Wildman–Crippen MR) is 69.4 cm³/mol. The quantitative estimate of drug-likeness (QED) is 0.625. The summed E-state index contributed by atoms with van der Waals surface area (Å²) in [6, 6.07) is 3.93. The van der Waals surface area contributed by atoms with Crippen LogP contribution in [0.25, 0.3) is 0 Å². The monoisotopic (exact) mass is 264 g/mol. The predicted octanol–water partition coefficient (Wildman–Crippen LogP) is 2.01. The average molecular weight is 264 g/mol. The van der Waals surface area contributed by atoms with Crippen LogP contribution in [-0.4, -0.2) is 28.3 Å². The van der Waals surface area contributed by atoms with Crippen molar-refractivity contribution in [2.45, 2.75) is 25.8 Å². The SMILES string of the molecule is CCC1CC1NC(=O)Nc1cccc(C(=O)O)c1O. The maximum Gasteiger partial charge on any atom is 0.339 e. The number of nitrogens with one attached hydrogen (secondary N) is 2. The molecule has 1 fully saturated rings. The van der Waals surface area contributed by atoms with Crippen molar-refractivity contribution in [3.8, 4) is 5.75 Å². The Morgan fingerprint density at radius 1 is 1.42 bits per heavy atom. The minimum atomic E-state index is -1.24. The van der Waals surface area contributed by atoms with E-state index < -0.39 is 17.7 Å². The number of carboxylic acids is 1. The van der Waals surface area contributed by atoms with Gasteiger partial charge in [-0.2, -0.15) is 0 Å². The molecule has 1 aliphatic carbocycles. The lowest BCUT2D eigenvalue weighted by molar-refractivity contribution is 0.0693. The zero-order valence-electron chi connectivity index (χ0n) is 10.5. The molecule has 1 saturated carbocycles. The van der Waals surface area contributed by atoms with Crippen LogP contribution in [0, 0.1) is 5.92 Å². The van der Waals surface area contributed by atoms with E-state index in [1.807, 2.05) is 0 Å². The van der Waals surface area contributed by atoms with Crippen LogP contribution in [0.3, 0.4) is 0 Å². The van der Waals surface area contributed by atoms with Gasteiger partial charge in [0.25, 0.3) is 0 Å². The Labute approximate surface area is 110 Å². The van der Waals surface area contributed by atoms with Crippen molar-refractivity contribution in [3.05, 3.63) is 23.8 Å². The molecule has 1 aliphatic rings. The molecule has 0 bridgehead atoms. The van der Waals surface area contributed by atoms with E-state index in [9.17, 15) is 14.7 Å². The third kappa shape index (κ3) is 2.96. The van der Waals surface area contributed by atoms with Crippen molar-refractivity contribution in [3.63, 3.8) is 0 Å². The van der Waals surface area contributed by atoms with Crippen LogP contribution >= 0.6 is 0 Å². The molecule has 0 heterocycles. The number of phenols is 1. The number of benzene rings is 1. The number of anilines is 1. The summed E-state index contributed by atoms with van der Waals surface area (Å²) in [5.41, 5.74) is -0.151. The number of hydrogen-bond donors (Lipinski definition) is 4. The number of urea groups is 1. The second-order valence-corrected chi connectivity index (χ2v) is 4.62. The van der Waals surface area contributed by atoms with Crippen LogP contribution in [0.1, 0.15) is 30.1 Å². The Bertz CT molecular complexity index is 515. The van der Waals surface area contributed by atoms with Crippen LogP contribution in [-0.2, 0) is 0 Å². The van der Waals surface area contributed by atoms with E-state index in [1.165, 1.54) is 18.2 Å². The summed E-state index contributed by atoms with van der Waals surface area (Å²) in [5, 5.41) is 23.8. The number of para-hydroxylation sites is 1. The van der Waals surface area contributed by atoms with Gasteiger partial charge >= 0.3 is 12.0 Å². The van der Waals surface area contributed by atoms with E-state index in [-0.39, 0.29) is 17.3 Å². The molecule has 1 aromatic carbocycles. The molecule has 2 rings (SSSR count). The summed E-state index contributed by atoms with van der Waals surface area (Å²) < 4.78 is 0. The fraction of sp³-hybridized carbons (Fsp3) is 0.385. The molecule has 2 unspecified atom stereocenters. The molecule has 2 amide bonds. The summed E-state index contributed by atoms with van der Waals surface area (Å²) in [4.78, 5) is 22.5. The smallest absolute Gasteiger partial charge is 0.339 e. The zero-order chi connectivity index (χ0) is 14.0. The molecular weight excluding hydrogens is 248 g/mol. The minimum Gasteiger partial charge on any atom is -0.505 e. The van der Waals surface area contributed by atoms with Gasteiger partial charge < -0.3 is 20.8 Å². The summed E-state index contributed by atoms with van der Waals surface area (Å²) >= 11 is 0. The van der Waals surface area contributed by atoms with Gasteiger partial charge in [0, 0.05) is 6.04 Å². The second kappa shape index (κ2) is 5.17. The molecular formula is C13H16N2O4. The summed E-state index contributed by atoms with van der Waals surface area (Å²) in [5.74, 6) is -1.16. The van der Waals surface area contributed by atoms with Crippen LogP contribution in [0.2, 0.25) is 0 Å². The number of aromatic hydroxyl groups is 1. The maximum atomic E-state index is 11.7. The minimum absolute atomic E-state index is 0.0890. The van der Waals surface area contributed by atoms with Crippen LogP contribution < -0.4 is 10.6 Å². The summed E-state index contributed by atoms with van der Waals surface area (Å²) in [7, 11) is 0. The molecule has 4 N–H and O–H groups in total. The highest BCUT2D eigenvalue weighted by molar-refractivity contribution is 5.97. The summed E-state index contributed by atoms with van der Waals surface area (Å²) in [6.45, 7) is 2.06. The van der Waals surface area contributed by atoms with Crippen LogP contribution in [0.4, 0.5) is 10.5 Å². The second-order valence-electron chi connectivity index (χ2n) is 4.62. The first kappa shape index (κ1) is 13.2. The first-order chi connectivity index (χ1) is 9.02. The molecule has 0 saturated heterocycles. The first-order valence-electron chi connectivity index (χ1n) is 6.15. The van der Waals surface area contributed by atoms with Gasteiger partial charge in [0.2, 0.25) is 0 Å². The van der Waals surface area contributed by atoms with Gasteiger partial charge in [0.15, 0.2) is 5.75 Å². The number of rotatable bonds is 4. The Morgan fingerprint density at radius 3 is 2.74 bits per heavy atom. The topological polar surface area (TPSA) is 98.7 Å². The highest BCUT2D eigenvalue weighted by Crippen LogP contribution is 2.33. The highest BCUT2D eigenvalue weighted by Gasteiger charge is 2.36. The van der Waals surface area contributed by atoms with Crippen LogP contribution in [0.15, 0.2) is 18.2 Å². The zero-order valence-corrected chi connectivity index (χ0v) is 10.5. The first-order valence-corrected chi connectivity index (χ1v) is 6.15. The molecule has 0 radical (unpaired) electrons. The lowest BCUT2D eigenvalue weighted by atomic mass is 10.1. The number of amides is 2. The van der Waals surface area contributed by atoms with E-state index in [0.717, 1.165) is 12.8 Å². The Morgan fingerprint density at radius 2 is 2.16 bits per heavy atom. The van der Waals surface area contributed by atoms with Crippen molar-refractivity contribution in [1.29, 1.82) is 0 Å². The number of hydrogen-bond acceptors (Lipinski definition) is 3. The van der Waals surface area contributed by atoms with Crippen LogP contribution in [0.5, 0.6) is 5.75 Å². The number of carbonyl (C=O) groups is 2. The van der Waals surface area contributed by atoms with E-state index in [0.29, 0.717) is 5.92 Å². The molecule has 19 heavy (non-hydrogen) atoms. The Hall–Kier alpha value is -2.24. The fourth-order valence-electron chi connectivity index (χ4n) is 2.02. The van der Waals surface area contributed by atoms with Crippen molar-refractivity contribution >= 4 is 17.7 Å². The van der Waals surface area contributed by atoms with E-state index >= 15 is 0 Å². The number of carboxylic acid groups (broad SMARTS) is 1. The van der Waals surface area contributed by atoms with Gasteiger partial charge in [-0.3, -0.25) is 0 Å². The third-order valence-corrected chi connectivity index (χ3v) is 3.28. The summed E-state index contributed by atoms with van der Waals surface area (Å²) in [6.07, 6.45) is 1.98. The molecule has 2 atom stereocenters. The van der Waals surface area contributed by atoms with Gasteiger partial charge in [-0.1, -0.05) is 19.4 Å². The molecule has 6 nitrogen and oxygen atoms in total. The van der Waals surface area contributed by atoms with Crippen molar-refractivity contribution in [1.82, 2.24) is 5.32 Å². The molecule has 6 heteroatoms. The van der Waals surface area contributed by atoms with Gasteiger partial charge in [-0.05, 0) is 24.5 Å². The lowest BCUT2D eigenvalue weighted by Gasteiger charge is -2.10. The Balaban J connectivity index is 2.01. The third-order valence-electron chi connectivity index (χ3n) is 3.28. The largest absolute Gasteiger partial charge is 0.505 e. The molecule has 102 valence electrons. The van der Waals surface area contributed by atoms with Gasteiger partial charge in [-0.15, -0.1) is 0 Å². The van der Waals surface area contributed by atoms with E-state index in [2.05, 4.69) is 17.6 Å². The van der Waals surface area contributed by atoms with Gasteiger partial charge in [0.05, 0.1) is 5.69 Å². The lowest BCUT2D eigenvalue weighted by Crippen LogP contribution is -2.31. The standard InChI is InChI=1S/C13H16N2O4/c1-2-7-6-10(7)15-13(19)14-9-5-3-4-8(11(9)16)12(17)18/h3-5,7,10,16H,2,6H2,1H3,(H,17,18)(H2,14,15,19). The molecule has 0 spiro atoms. The van der Waals surface area contributed by atoms with E-state index in [4.69, 9.17) is 5.11 Å². The molecule has 0 aromatic heterocycles. The van der Waals surface area contributed by atoms with Crippen molar-refractivity contribution in [2.75, 3.05) is 5.32 Å².